The lowest BCUT2D eigenvalue weighted by Gasteiger charge is -2.39. The molecule has 2 bridgehead atoms. The highest BCUT2D eigenvalue weighted by molar-refractivity contribution is 6.05. The van der Waals surface area contributed by atoms with Crippen LogP contribution >= 0.6 is 0 Å². The number of amides is 2. The fourth-order valence-corrected chi connectivity index (χ4v) is 7.51. The minimum absolute atomic E-state index is 0.174. The van der Waals surface area contributed by atoms with E-state index in [-0.39, 0.29) is 25.0 Å². The number of nitrogens with zero attached hydrogens (tertiary/aromatic N) is 2. The molecule has 0 aromatic heterocycles. The van der Waals surface area contributed by atoms with Crippen molar-refractivity contribution >= 4 is 23.5 Å². The van der Waals surface area contributed by atoms with Crippen molar-refractivity contribution < 1.29 is 33.7 Å². The summed E-state index contributed by atoms with van der Waals surface area (Å²) in [6, 6.07) is 14.3. The molecular weight excluding hydrogens is 560 g/mol. The minimum atomic E-state index is -1.27. The average molecular weight is 603 g/mol. The normalized spacial score (nSPS) is 27.5. The summed E-state index contributed by atoms with van der Waals surface area (Å²) >= 11 is 0. The molecule has 5 rings (SSSR count). The van der Waals surface area contributed by atoms with E-state index in [0.29, 0.717) is 49.1 Å². The zero-order valence-electron chi connectivity index (χ0n) is 25.5. The van der Waals surface area contributed by atoms with Crippen molar-refractivity contribution in [3.05, 3.63) is 85.5 Å². The number of aliphatic hydroxyl groups excluding tert-OH is 1. The van der Waals surface area contributed by atoms with E-state index >= 15 is 0 Å². The molecule has 1 spiro atoms. The van der Waals surface area contributed by atoms with Gasteiger partial charge in [0.05, 0.1) is 37.9 Å². The predicted molar refractivity (Wildman–Crippen MR) is 166 cm³/mol. The lowest BCUT2D eigenvalue weighted by Crippen LogP contribution is -2.57. The molecule has 44 heavy (non-hydrogen) atoms. The van der Waals surface area contributed by atoms with Gasteiger partial charge < -0.3 is 29.1 Å². The lowest BCUT2D eigenvalue weighted by molar-refractivity contribution is -0.162. The Labute approximate surface area is 259 Å². The van der Waals surface area contributed by atoms with Crippen molar-refractivity contribution in [1.29, 1.82) is 0 Å². The molecule has 0 aliphatic carbocycles. The van der Waals surface area contributed by atoms with E-state index < -0.39 is 47.7 Å². The molecular formula is C35H42N2O7. The quantitative estimate of drug-likeness (QED) is 0.191. The Morgan fingerprint density at radius 2 is 1.86 bits per heavy atom. The molecule has 2 unspecified atom stereocenters. The Morgan fingerprint density at radius 3 is 2.48 bits per heavy atom. The zero-order valence-corrected chi connectivity index (χ0v) is 25.5. The SMILES string of the molecule is C=CCCCOC(=O)[C@@H]1[C@H]2C(=O)N([C@H](CO)c3ccccc3)C(C(=O)N(CC=C)c3ccc(OC)cc3)C23CC[C@@]1(CC)O3. The van der Waals surface area contributed by atoms with Gasteiger partial charge in [-0.25, -0.2) is 0 Å². The van der Waals surface area contributed by atoms with Gasteiger partial charge >= 0.3 is 5.97 Å². The molecule has 3 aliphatic heterocycles. The van der Waals surface area contributed by atoms with Crippen molar-refractivity contribution in [2.24, 2.45) is 11.8 Å². The number of carbonyl (C=O) groups excluding carboxylic acids is 3. The molecule has 9 heteroatoms. The highest BCUT2D eigenvalue weighted by Crippen LogP contribution is 2.65. The molecule has 2 aromatic carbocycles. The van der Waals surface area contributed by atoms with Gasteiger partial charge in [-0.15, -0.1) is 13.2 Å². The van der Waals surface area contributed by atoms with E-state index in [0.717, 1.165) is 0 Å². The van der Waals surface area contributed by atoms with E-state index in [9.17, 15) is 19.5 Å². The van der Waals surface area contributed by atoms with Crippen LogP contribution in [0.4, 0.5) is 5.69 Å². The van der Waals surface area contributed by atoms with Crippen LogP contribution < -0.4 is 9.64 Å². The number of hydrogen-bond acceptors (Lipinski definition) is 7. The number of likely N-dealkylation sites (tertiary alicyclic amines) is 1. The van der Waals surface area contributed by atoms with E-state index in [1.54, 1.807) is 48.4 Å². The largest absolute Gasteiger partial charge is 0.497 e. The minimum Gasteiger partial charge on any atom is -0.497 e. The molecule has 234 valence electrons. The van der Waals surface area contributed by atoms with Gasteiger partial charge in [0, 0.05) is 12.2 Å². The van der Waals surface area contributed by atoms with Gasteiger partial charge in [0.15, 0.2) is 0 Å². The number of fused-ring (bicyclic) bond motifs is 1. The van der Waals surface area contributed by atoms with Crippen molar-refractivity contribution in [2.45, 2.75) is 62.3 Å². The Hall–Kier alpha value is -3.95. The maximum atomic E-state index is 14.9. The summed E-state index contributed by atoms with van der Waals surface area (Å²) in [6.45, 7) is 9.51. The van der Waals surface area contributed by atoms with Gasteiger partial charge in [-0.1, -0.05) is 49.4 Å². The van der Waals surface area contributed by atoms with Crippen LogP contribution in [0.1, 0.15) is 50.6 Å². The summed E-state index contributed by atoms with van der Waals surface area (Å²) in [5.74, 6) is -2.41. The predicted octanol–water partition coefficient (Wildman–Crippen LogP) is 4.61. The second kappa shape index (κ2) is 13.0. The first kappa shape index (κ1) is 31.5. The second-order valence-electron chi connectivity index (χ2n) is 11.7. The molecule has 0 radical (unpaired) electrons. The average Bonchev–Trinajstić information content (AvgIpc) is 3.66. The molecule has 9 nitrogen and oxygen atoms in total. The molecule has 2 aromatic rings. The van der Waals surface area contributed by atoms with E-state index in [1.165, 1.54) is 4.90 Å². The summed E-state index contributed by atoms with van der Waals surface area (Å²) < 4.78 is 17.9. The molecule has 3 saturated heterocycles. The number of carbonyl (C=O) groups is 3. The summed E-state index contributed by atoms with van der Waals surface area (Å²) in [7, 11) is 1.57. The second-order valence-corrected chi connectivity index (χ2v) is 11.7. The van der Waals surface area contributed by atoms with Crippen molar-refractivity contribution in [2.75, 3.05) is 31.8 Å². The van der Waals surface area contributed by atoms with Gasteiger partial charge in [-0.3, -0.25) is 14.4 Å². The van der Waals surface area contributed by atoms with Crippen LogP contribution in [0.3, 0.4) is 0 Å². The summed E-state index contributed by atoms with van der Waals surface area (Å²) in [5, 5.41) is 10.8. The first-order chi connectivity index (χ1) is 21.3. The Bertz CT molecular complexity index is 1380. The van der Waals surface area contributed by atoms with Gasteiger partial charge in [0.2, 0.25) is 5.91 Å². The van der Waals surface area contributed by atoms with Gasteiger partial charge in [-0.05, 0) is 61.9 Å². The molecule has 2 amide bonds. The van der Waals surface area contributed by atoms with Crippen LogP contribution in [0.5, 0.6) is 5.75 Å². The fraction of sp³-hybridized carbons (Fsp3) is 0.457. The zero-order chi connectivity index (χ0) is 31.5. The van der Waals surface area contributed by atoms with Crippen LogP contribution in [-0.4, -0.2) is 71.9 Å². The summed E-state index contributed by atoms with van der Waals surface area (Å²) in [5.41, 5.74) is -0.923. The standard InChI is InChI=1S/C35H42N2O7/c1-5-8-12-22-43-33(41)29-28-31(39)37(27(23-38)24-13-10-9-11-14-24)30(35(28)20-19-34(29,7-3)44-35)32(40)36(21-6-2)25-15-17-26(42-4)18-16-25/h5-6,9-11,13-18,27-30,38H,1-2,7-8,12,19-23H2,3-4H3/t27-,28+,29+,30?,34-,35?/m1/s1. The Balaban J connectivity index is 1.62. The van der Waals surface area contributed by atoms with Gasteiger partial charge in [-0.2, -0.15) is 0 Å². The lowest BCUT2D eigenvalue weighted by atomic mass is 9.65. The fourth-order valence-electron chi connectivity index (χ4n) is 7.51. The monoisotopic (exact) mass is 602 g/mol. The smallest absolute Gasteiger partial charge is 0.312 e. The van der Waals surface area contributed by atoms with Crippen LogP contribution in [0, 0.1) is 11.8 Å². The molecule has 0 saturated carbocycles. The molecule has 3 heterocycles. The maximum absolute atomic E-state index is 14.9. The van der Waals surface area contributed by atoms with Gasteiger partial charge in [0.25, 0.3) is 5.91 Å². The molecule has 3 aliphatic rings. The topological polar surface area (TPSA) is 106 Å². The maximum Gasteiger partial charge on any atom is 0.312 e. The van der Waals surface area contributed by atoms with Gasteiger partial charge in [0.1, 0.15) is 23.3 Å². The third-order valence-electron chi connectivity index (χ3n) is 9.56. The first-order valence-electron chi connectivity index (χ1n) is 15.3. The number of allylic oxidation sites excluding steroid dienone is 1. The van der Waals surface area contributed by atoms with Crippen molar-refractivity contribution in [3.63, 3.8) is 0 Å². The van der Waals surface area contributed by atoms with Crippen LogP contribution in [0.2, 0.25) is 0 Å². The Morgan fingerprint density at radius 1 is 1.14 bits per heavy atom. The van der Waals surface area contributed by atoms with E-state index in [4.69, 9.17) is 14.2 Å². The number of benzene rings is 2. The number of hydrogen-bond donors (Lipinski definition) is 1. The number of esters is 1. The van der Waals surface area contributed by atoms with E-state index in [2.05, 4.69) is 13.2 Å². The number of rotatable bonds is 14. The Kier molecular flexibility index (Phi) is 9.27. The van der Waals surface area contributed by atoms with E-state index in [1.807, 2.05) is 37.3 Å². The first-order valence-corrected chi connectivity index (χ1v) is 15.3. The summed E-state index contributed by atoms with van der Waals surface area (Å²) in [6.07, 6.45) is 6.13. The number of methoxy groups -OCH3 is 1. The molecule has 6 atom stereocenters. The highest BCUT2D eigenvalue weighted by Gasteiger charge is 2.79. The third kappa shape index (κ3) is 5.12. The number of ether oxygens (including phenoxy) is 3. The summed E-state index contributed by atoms with van der Waals surface area (Å²) in [4.78, 5) is 46.5. The third-order valence-corrected chi connectivity index (χ3v) is 9.56. The number of unbranched alkanes of at least 4 members (excludes halogenated alkanes) is 1. The molecule has 1 N–H and O–H groups in total. The van der Waals surface area contributed by atoms with Crippen LogP contribution in [-0.2, 0) is 23.9 Å². The number of anilines is 1. The molecule has 3 fully saturated rings. The van der Waals surface area contributed by atoms with Crippen molar-refractivity contribution in [1.82, 2.24) is 4.90 Å². The highest BCUT2D eigenvalue weighted by atomic mass is 16.6. The van der Waals surface area contributed by atoms with Crippen LogP contribution in [0.25, 0.3) is 0 Å². The van der Waals surface area contributed by atoms with Crippen molar-refractivity contribution in [3.8, 4) is 5.75 Å². The van der Waals surface area contributed by atoms with Crippen LogP contribution in [0.15, 0.2) is 79.9 Å². The number of aliphatic hydroxyl groups is 1.